The fourth-order valence-electron chi connectivity index (χ4n) is 3.53. The second-order valence-corrected chi connectivity index (χ2v) is 5.27. The lowest BCUT2D eigenvalue weighted by molar-refractivity contribution is 0.0911. The van der Waals surface area contributed by atoms with Gasteiger partial charge in [0, 0.05) is 0 Å². The second-order valence-electron chi connectivity index (χ2n) is 5.27. The van der Waals surface area contributed by atoms with Crippen molar-refractivity contribution in [2.45, 2.75) is 64.7 Å². The van der Waals surface area contributed by atoms with Crippen LogP contribution in [0, 0.1) is 17.8 Å². The molecule has 76 valence electrons. The van der Waals surface area contributed by atoms with Gasteiger partial charge in [-0.25, -0.2) is 0 Å². The van der Waals surface area contributed by atoms with Crippen LogP contribution in [0.4, 0.5) is 0 Å². The van der Waals surface area contributed by atoms with Gasteiger partial charge in [0.15, 0.2) is 0 Å². The average Bonchev–Trinajstić information content (AvgIpc) is 2.20. The van der Waals surface area contributed by atoms with E-state index < -0.39 is 0 Å². The third kappa shape index (κ3) is 2.27. The quantitative estimate of drug-likeness (QED) is 0.563. The van der Waals surface area contributed by atoms with E-state index in [4.69, 9.17) is 0 Å². The monoisotopic (exact) mass is 180 g/mol. The van der Waals surface area contributed by atoms with E-state index in [2.05, 4.69) is 6.92 Å². The number of hydrogen-bond acceptors (Lipinski definition) is 0. The van der Waals surface area contributed by atoms with E-state index in [9.17, 15) is 0 Å². The lowest BCUT2D eigenvalue weighted by atomic mass is 9.63. The summed E-state index contributed by atoms with van der Waals surface area (Å²) in [6.07, 6.45) is 13.8. The van der Waals surface area contributed by atoms with Crippen molar-refractivity contribution in [3.05, 3.63) is 0 Å². The molecule has 3 aliphatic rings. The molecule has 0 aromatic carbocycles. The van der Waals surface area contributed by atoms with Crippen LogP contribution in [0.15, 0.2) is 0 Å². The van der Waals surface area contributed by atoms with Crippen LogP contribution in [0.2, 0.25) is 0 Å². The smallest absolute Gasteiger partial charge is 0.0383 e. The van der Waals surface area contributed by atoms with Gasteiger partial charge in [0.2, 0.25) is 0 Å². The molecule has 0 heterocycles. The summed E-state index contributed by atoms with van der Waals surface area (Å²) in [5.41, 5.74) is 0. The summed E-state index contributed by atoms with van der Waals surface area (Å²) in [7, 11) is 0. The number of unbranched alkanes of at least 4 members (excludes halogenated alkanes) is 2. The molecular formula is C13H24. The summed E-state index contributed by atoms with van der Waals surface area (Å²) in [5.74, 6) is 3.41. The number of hydrogen-bond donors (Lipinski definition) is 0. The molecule has 0 aromatic rings. The van der Waals surface area contributed by atoms with Crippen molar-refractivity contribution in [2.24, 2.45) is 17.8 Å². The van der Waals surface area contributed by atoms with Crippen LogP contribution >= 0.6 is 0 Å². The highest BCUT2D eigenvalue weighted by Crippen LogP contribution is 2.46. The average molecular weight is 180 g/mol. The second kappa shape index (κ2) is 4.48. The summed E-state index contributed by atoms with van der Waals surface area (Å²) >= 11 is 0. The molecule has 1 unspecified atom stereocenters. The molecule has 0 heteroatoms. The molecule has 0 amide bonds. The van der Waals surface area contributed by atoms with Crippen LogP contribution in [-0.4, -0.2) is 0 Å². The molecule has 0 N–H and O–H groups in total. The van der Waals surface area contributed by atoms with Crippen LogP contribution in [0.5, 0.6) is 0 Å². The van der Waals surface area contributed by atoms with Gasteiger partial charge in [0.05, 0.1) is 0 Å². The van der Waals surface area contributed by atoms with E-state index in [1.165, 1.54) is 19.3 Å². The molecule has 0 aromatic heterocycles. The first kappa shape index (κ1) is 9.55. The normalized spacial score (nSPS) is 38.1. The van der Waals surface area contributed by atoms with Gasteiger partial charge in [-0.2, -0.15) is 0 Å². The maximum Gasteiger partial charge on any atom is -0.0383 e. The molecule has 2 bridgehead atoms. The van der Waals surface area contributed by atoms with Gasteiger partial charge in [-0.05, 0) is 37.0 Å². The molecule has 0 radical (unpaired) electrons. The van der Waals surface area contributed by atoms with E-state index in [1.807, 2.05) is 0 Å². The zero-order valence-electron chi connectivity index (χ0n) is 9.10. The molecular weight excluding hydrogens is 156 g/mol. The minimum Gasteiger partial charge on any atom is -0.0654 e. The van der Waals surface area contributed by atoms with Crippen molar-refractivity contribution in [1.82, 2.24) is 0 Å². The van der Waals surface area contributed by atoms with Gasteiger partial charge >= 0.3 is 0 Å². The Balaban J connectivity index is 1.74. The van der Waals surface area contributed by atoms with E-state index in [-0.39, 0.29) is 0 Å². The van der Waals surface area contributed by atoms with E-state index in [1.54, 1.807) is 38.5 Å². The van der Waals surface area contributed by atoms with Crippen LogP contribution in [0.3, 0.4) is 0 Å². The van der Waals surface area contributed by atoms with Crippen molar-refractivity contribution < 1.29 is 0 Å². The first-order chi connectivity index (χ1) is 6.40. The lowest BCUT2D eigenvalue weighted by Gasteiger charge is -2.42. The van der Waals surface area contributed by atoms with Crippen LogP contribution in [0.1, 0.15) is 64.7 Å². The Morgan fingerprint density at radius 2 is 1.77 bits per heavy atom. The van der Waals surface area contributed by atoms with Crippen molar-refractivity contribution in [3.8, 4) is 0 Å². The van der Waals surface area contributed by atoms with Gasteiger partial charge in [-0.1, -0.05) is 45.4 Å². The number of fused-ring (bicyclic) bond motifs is 3. The van der Waals surface area contributed by atoms with E-state index in [0.717, 1.165) is 17.8 Å². The third-order valence-corrected chi connectivity index (χ3v) is 4.37. The molecule has 0 spiro atoms. The Morgan fingerprint density at radius 3 is 2.31 bits per heavy atom. The predicted octanol–water partition coefficient (Wildman–Crippen LogP) is 4.39. The predicted molar refractivity (Wildman–Crippen MR) is 57.7 cm³/mol. The van der Waals surface area contributed by atoms with Crippen LogP contribution < -0.4 is 0 Å². The fourth-order valence-corrected chi connectivity index (χ4v) is 3.53. The Labute approximate surface area is 83.1 Å². The molecule has 13 heavy (non-hydrogen) atoms. The summed E-state index contributed by atoms with van der Waals surface area (Å²) in [4.78, 5) is 0. The molecule has 0 saturated heterocycles. The highest BCUT2D eigenvalue weighted by Gasteiger charge is 2.34. The molecule has 3 rings (SSSR count). The van der Waals surface area contributed by atoms with Crippen molar-refractivity contribution in [3.63, 3.8) is 0 Å². The van der Waals surface area contributed by atoms with Crippen molar-refractivity contribution in [1.29, 1.82) is 0 Å². The Morgan fingerprint density at radius 1 is 1.00 bits per heavy atom. The van der Waals surface area contributed by atoms with Gasteiger partial charge < -0.3 is 0 Å². The van der Waals surface area contributed by atoms with Crippen LogP contribution in [0.25, 0.3) is 0 Å². The Bertz CT molecular complexity index is 142. The first-order valence-electron chi connectivity index (χ1n) is 6.40. The summed E-state index contributed by atoms with van der Waals surface area (Å²) in [6.45, 7) is 2.31. The van der Waals surface area contributed by atoms with Gasteiger partial charge in [-0.15, -0.1) is 0 Å². The molecule has 1 atom stereocenters. The molecule has 3 aliphatic carbocycles. The van der Waals surface area contributed by atoms with Crippen molar-refractivity contribution in [2.75, 3.05) is 0 Å². The van der Waals surface area contributed by atoms with E-state index >= 15 is 0 Å². The van der Waals surface area contributed by atoms with E-state index in [0.29, 0.717) is 0 Å². The van der Waals surface area contributed by atoms with Gasteiger partial charge in [0.1, 0.15) is 0 Å². The van der Waals surface area contributed by atoms with Gasteiger partial charge in [-0.3, -0.25) is 0 Å². The molecule has 0 nitrogen and oxygen atoms in total. The lowest BCUT2D eigenvalue weighted by Crippen LogP contribution is -2.31. The van der Waals surface area contributed by atoms with Crippen molar-refractivity contribution >= 4 is 0 Å². The van der Waals surface area contributed by atoms with Gasteiger partial charge in [0.25, 0.3) is 0 Å². The highest BCUT2D eigenvalue weighted by molar-refractivity contribution is 4.85. The first-order valence-corrected chi connectivity index (χ1v) is 6.40. The third-order valence-electron chi connectivity index (χ3n) is 4.37. The fraction of sp³-hybridized carbons (Fsp3) is 1.00. The molecule has 0 aliphatic heterocycles. The maximum atomic E-state index is 2.31. The Kier molecular flexibility index (Phi) is 3.29. The topological polar surface area (TPSA) is 0 Å². The zero-order valence-corrected chi connectivity index (χ0v) is 9.10. The maximum absolute atomic E-state index is 2.31. The number of rotatable bonds is 4. The molecule has 3 saturated carbocycles. The minimum atomic E-state index is 1.14. The van der Waals surface area contributed by atoms with Crippen LogP contribution in [-0.2, 0) is 0 Å². The Hall–Kier alpha value is 0. The summed E-state index contributed by atoms with van der Waals surface area (Å²) in [6, 6.07) is 0. The summed E-state index contributed by atoms with van der Waals surface area (Å²) < 4.78 is 0. The molecule has 3 fully saturated rings. The standard InChI is InChI=1S/C13H24/c1-2-3-4-5-13-10-11-6-8-12(13)9-7-11/h11-13H,2-10H2,1H3. The largest absolute Gasteiger partial charge is 0.0654 e. The summed E-state index contributed by atoms with van der Waals surface area (Å²) in [5, 5.41) is 0. The zero-order chi connectivity index (χ0) is 9.10. The SMILES string of the molecule is CCCCCC1CC2CCC1CC2. The highest BCUT2D eigenvalue weighted by atomic mass is 14.4. The minimum absolute atomic E-state index is 1.14.